The van der Waals surface area contributed by atoms with Gasteiger partial charge in [-0.3, -0.25) is 0 Å². The summed E-state index contributed by atoms with van der Waals surface area (Å²) in [7, 11) is 0. The summed E-state index contributed by atoms with van der Waals surface area (Å²) in [6.07, 6.45) is 4.51. The lowest BCUT2D eigenvalue weighted by Gasteiger charge is -2.16. The fraction of sp³-hybridized carbons (Fsp3) is 0.533. The van der Waals surface area contributed by atoms with E-state index < -0.39 is 0 Å². The molecule has 1 fully saturated rings. The monoisotopic (exact) mass is 261 g/mol. The van der Waals surface area contributed by atoms with Gasteiger partial charge in [0.25, 0.3) is 0 Å². The first-order chi connectivity index (χ1) is 9.24. The Morgan fingerprint density at radius 3 is 2.89 bits per heavy atom. The number of fused-ring (bicyclic) bond motifs is 1. The highest BCUT2D eigenvalue weighted by molar-refractivity contribution is 5.76. The van der Waals surface area contributed by atoms with Crippen LogP contribution in [0.25, 0.3) is 11.0 Å². The Bertz CT molecular complexity index is 586. The number of hydrogen-bond acceptors (Lipinski definition) is 2. The molecule has 0 saturated heterocycles. The van der Waals surface area contributed by atoms with E-state index in [0.717, 1.165) is 29.7 Å². The third-order valence-electron chi connectivity index (χ3n) is 3.88. The van der Waals surface area contributed by atoms with Gasteiger partial charge in [0, 0.05) is 24.6 Å². The highest BCUT2D eigenvalue weighted by Gasteiger charge is 2.30. The summed E-state index contributed by atoms with van der Waals surface area (Å²) in [6, 6.07) is 5.43. The van der Waals surface area contributed by atoms with E-state index in [0.29, 0.717) is 12.6 Å². The quantitative estimate of drug-likeness (QED) is 0.897. The van der Waals surface area contributed by atoms with E-state index in [1.165, 1.54) is 25.0 Å². The highest BCUT2D eigenvalue weighted by Crippen LogP contribution is 2.40. The van der Waals surface area contributed by atoms with Gasteiger partial charge in [-0.25, -0.2) is 9.37 Å². The van der Waals surface area contributed by atoms with E-state index in [1.807, 2.05) is 6.07 Å². The Balaban J connectivity index is 2.13. The Kier molecular flexibility index (Phi) is 3.27. The number of rotatable bonds is 5. The molecule has 102 valence electrons. The lowest BCUT2D eigenvalue weighted by Crippen LogP contribution is -2.17. The van der Waals surface area contributed by atoms with Crippen LogP contribution in [-0.4, -0.2) is 16.1 Å². The molecule has 0 amide bonds. The minimum atomic E-state index is -0.223. The Morgan fingerprint density at radius 1 is 1.47 bits per heavy atom. The molecule has 1 unspecified atom stereocenters. The molecule has 1 aromatic heterocycles. The van der Waals surface area contributed by atoms with Crippen molar-refractivity contribution in [3.05, 3.63) is 29.8 Å². The van der Waals surface area contributed by atoms with Gasteiger partial charge in [-0.2, -0.15) is 0 Å². The third-order valence-corrected chi connectivity index (χ3v) is 3.88. The van der Waals surface area contributed by atoms with Crippen LogP contribution in [0.5, 0.6) is 0 Å². The van der Waals surface area contributed by atoms with Crippen LogP contribution in [-0.2, 0) is 0 Å². The van der Waals surface area contributed by atoms with Crippen molar-refractivity contribution < 1.29 is 4.39 Å². The van der Waals surface area contributed by atoms with Gasteiger partial charge in [0.2, 0.25) is 0 Å². The number of nitrogens with zero attached hydrogens (tertiary/aromatic N) is 2. The van der Waals surface area contributed by atoms with Gasteiger partial charge in [0.05, 0.1) is 11.0 Å². The molecule has 4 heteroatoms. The Labute approximate surface area is 112 Å². The zero-order valence-corrected chi connectivity index (χ0v) is 11.3. The normalized spacial score (nSPS) is 17.0. The molecule has 1 heterocycles. The summed E-state index contributed by atoms with van der Waals surface area (Å²) in [5.41, 5.74) is 7.71. The molecule has 3 nitrogen and oxygen atoms in total. The molecule has 0 aliphatic heterocycles. The SMILES string of the molecule is CCCC(CN)c1nc2cc(F)ccc2n1C1CC1. The summed E-state index contributed by atoms with van der Waals surface area (Å²) in [6.45, 7) is 2.76. The first-order valence-corrected chi connectivity index (χ1v) is 7.12. The van der Waals surface area contributed by atoms with Crippen molar-refractivity contribution >= 4 is 11.0 Å². The smallest absolute Gasteiger partial charge is 0.125 e. The van der Waals surface area contributed by atoms with Crippen LogP contribution in [0.1, 0.15) is 50.4 Å². The number of halogens is 1. The van der Waals surface area contributed by atoms with Gasteiger partial charge < -0.3 is 10.3 Å². The molecule has 0 spiro atoms. The van der Waals surface area contributed by atoms with Gasteiger partial charge in [0.15, 0.2) is 0 Å². The van der Waals surface area contributed by atoms with E-state index in [9.17, 15) is 4.39 Å². The molecule has 1 aliphatic rings. The summed E-state index contributed by atoms with van der Waals surface area (Å²) in [5.74, 6) is 1.10. The van der Waals surface area contributed by atoms with Gasteiger partial charge in [-0.05, 0) is 31.4 Å². The Hall–Kier alpha value is -1.42. The van der Waals surface area contributed by atoms with Crippen molar-refractivity contribution in [2.45, 2.75) is 44.6 Å². The second-order valence-corrected chi connectivity index (χ2v) is 5.43. The van der Waals surface area contributed by atoms with E-state index in [2.05, 4.69) is 16.5 Å². The first kappa shape index (κ1) is 12.6. The van der Waals surface area contributed by atoms with E-state index in [4.69, 9.17) is 5.73 Å². The molecule has 19 heavy (non-hydrogen) atoms. The molecule has 3 rings (SSSR count). The first-order valence-electron chi connectivity index (χ1n) is 7.12. The summed E-state index contributed by atoms with van der Waals surface area (Å²) in [5, 5.41) is 0. The number of aromatic nitrogens is 2. The predicted molar refractivity (Wildman–Crippen MR) is 74.7 cm³/mol. The molecule has 0 bridgehead atoms. The van der Waals surface area contributed by atoms with Crippen molar-refractivity contribution in [2.75, 3.05) is 6.54 Å². The van der Waals surface area contributed by atoms with Crippen LogP contribution in [0.2, 0.25) is 0 Å². The minimum absolute atomic E-state index is 0.223. The van der Waals surface area contributed by atoms with E-state index >= 15 is 0 Å². The Morgan fingerprint density at radius 2 is 2.26 bits per heavy atom. The van der Waals surface area contributed by atoms with Crippen LogP contribution in [0.15, 0.2) is 18.2 Å². The van der Waals surface area contributed by atoms with Crippen LogP contribution >= 0.6 is 0 Å². The number of hydrogen-bond donors (Lipinski definition) is 1. The van der Waals surface area contributed by atoms with Crippen molar-refractivity contribution in [1.82, 2.24) is 9.55 Å². The fourth-order valence-electron chi connectivity index (χ4n) is 2.80. The molecule has 1 aliphatic carbocycles. The second kappa shape index (κ2) is 4.93. The highest BCUT2D eigenvalue weighted by atomic mass is 19.1. The van der Waals surface area contributed by atoms with E-state index in [1.54, 1.807) is 0 Å². The fourth-order valence-corrected chi connectivity index (χ4v) is 2.80. The van der Waals surface area contributed by atoms with Crippen molar-refractivity contribution in [3.8, 4) is 0 Å². The molecule has 1 saturated carbocycles. The minimum Gasteiger partial charge on any atom is -0.330 e. The molecule has 1 atom stereocenters. The molecule has 2 N–H and O–H groups in total. The lowest BCUT2D eigenvalue weighted by atomic mass is 10.0. The van der Waals surface area contributed by atoms with Gasteiger partial charge >= 0.3 is 0 Å². The maximum Gasteiger partial charge on any atom is 0.125 e. The van der Waals surface area contributed by atoms with Gasteiger partial charge in [-0.1, -0.05) is 13.3 Å². The molecule has 0 radical (unpaired) electrons. The van der Waals surface area contributed by atoms with Crippen LogP contribution in [0.4, 0.5) is 4.39 Å². The maximum absolute atomic E-state index is 13.4. The number of benzene rings is 1. The van der Waals surface area contributed by atoms with Gasteiger partial charge in [0.1, 0.15) is 11.6 Å². The van der Waals surface area contributed by atoms with E-state index in [-0.39, 0.29) is 11.7 Å². The maximum atomic E-state index is 13.4. The number of imidazole rings is 1. The third kappa shape index (κ3) is 2.25. The largest absolute Gasteiger partial charge is 0.330 e. The predicted octanol–water partition coefficient (Wildman–Crippen LogP) is 3.35. The van der Waals surface area contributed by atoms with Crippen molar-refractivity contribution in [1.29, 1.82) is 0 Å². The topological polar surface area (TPSA) is 43.8 Å². The molecule has 1 aromatic carbocycles. The second-order valence-electron chi connectivity index (χ2n) is 5.43. The van der Waals surface area contributed by atoms with Crippen LogP contribution in [0, 0.1) is 5.82 Å². The molecular formula is C15H20FN3. The van der Waals surface area contributed by atoms with Crippen molar-refractivity contribution in [3.63, 3.8) is 0 Å². The molecule has 2 aromatic rings. The standard InChI is InChI=1S/C15H20FN3/c1-2-3-10(9-17)15-18-13-8-11(16)4-7-14(13)19(15)12-5-6-12/h4,7-8,10,12H,2-3,5-6,9,17H2,1H3. The summed E-state index contributed by atoms with van der Waals surface area (Å²) in [4.78, 5) is 4.67. The average molecular weight is 261 g/mol. The van der Waals surface area contributed by atoms with Crippen LogP contribution < -0.4 is 5.73 Å². The zero-order chi connectivity index (χ0) is 13.4. The van der Waals surface area contributed by atoms with Gasteiger partial charge in [-0.15, -0.1) is 0 Å². The average Bonchev–Trinajstić information content (AvgIpc) is 3.17. The zero-order valence-electron chi connectivity index (χ0n) is 11.3. The number of nitrogens with two attached hydrogens (primary N) is 1. The van der Waals surface area contributed by atoms with Crippen molar-refractivity contribution in [2.24, 2.45) is 5.73 Å². The molecular weight excluding hydrogens is 241 g/mol. The van der Waals surface area contributed by atoms with Crippen LogP contribution in [0.3, 0.4) is 0 Å². The summed E-state index contributed by atoms with van der Waals surface area (Å²) < 4.78 is 15.6. The summed E-state index contributed by atoms with van der Waals surface area (Å²) >= 11 is 0. The lowest BCUT2D eigenvalue weighted by molar-refractivity contribution is 0.552.